The van der Waals surface area contributed by atoms with Crippen LogP contribution in [0.1, 0.15) is 25.3 Å². The van der Waals surface area contributed by atoms with E-state index in [1.54, 1.807) is 6.08 Å². The molecule has 1 aromatic carbocycles. The van der Waals surface area contributed by atoms with Crippen LogP contribution in [0.25, 0.3) is 6.08 Å². The molecule has 1 N–H and O–H groups in total. The third-order valence-electron chi connectivity index (χ3n) is 3.12. The lowest BCUT2D eigenvalue weighted by Crippen LogP contribution is -2.18. The van der Waals surface area contributed by atoms with Gasteiger partial charge >= 0.3 is 5.97 Å². The molecule has 1 saturated heterocycles. The van der Waals surface area contributed by atoms with E-state index in [9.17, 15) is 4.79 Å². The van der Waals surface area contributed by atoms with Gasteiger partial charge in [-0.25, -0.2) is 4.79 Å². The number of carbonyl (C=O) groups is 1. The first kappa shape index (κ1) is 15.1. The monoisotopic (exact) mass is 340 g/mol. The van der Waals surface area contributed by atoms with Crippen molar-refractivity contribution in [1.82, 2.24) is 0 Å². The molecule has 108 valence electrons. The fraction of sp³-hybridized carbons (Fsp3) is 0.400. The summed E-state index contributed by atoms with van der Waals surface area (Å²) < 4.78 is 12.2. The van der Waals surface area contributed by atoms with Gasteiger partial charge in [-0.1, -0.05) is 6.07 Å². The minimum atomic E-state index is -0.964. The van der Waals surface area contributed by atoms with Crippen molar-refractivity contribution >= 4 is 28.0 Å². The number of carboxylic acids is 1. The van der Waals surface area contributed by atoms with E-state index in [1.165, 1.54) is 0 Å². The molecule has 5 heteroatoms. The van der Waals surface area contributed by atoms with Crippen molar-refractivity contribution in [1.29, 1.82) is 0 Å². The van der Waals surface area contributed by atoms with Crippen LogP contribution >= 0.6 is 15.9 Å². The lowest BCUT2D eigenvalue weighted by atomic mass is 10.2. The highest BCUT2D eigenvalue weighted by molar-refractivity contribution is 9.10. The van der Waals surface area contributed by atoms with Gasteiger partial charge in [0.15, 0.2) is 0 Å². The number of hydrogen-bond donors (Lipinski definition) is 1. The molecule has 1 aliphatic rings. The summed E-state index contributed by atoms with van der Waals surface area (Å²) in [5.74, 6) is -0.227. The molecule has 2 atom stereocenters. The second kappa shape index (κ2) is 6.90. The first-order valence-corrected chi connectivity index (χ1v) is 7.32. The lowest BCUT2D eigenvalue weighted by Gasteiger charge is -2.14. The first-order valence-electron chi connectivity index (χ1n) is 6.53. The Morgan fingerprint density at radius 3 is 2.95 bits per heavy atom. The predicted octanol–water partition coefficient (Wildman–Crippen LogP) is 3.49. The molecule has 2 rings (SSSR count). The zero-order chi connectivity index (χ0) is 14.5. The molecule has 1 fully saturated rings. The SMILES string of the molecule is CC1CCC(COc2ccc(/C=C/C(=O)O)cc2Br)O1. The average molecular weight is 341 g/mol. The van der Waals surface area contributed by atoms with E-state index < -0.39 is 5.97 Å². The van der Waals surface area contributed by atoms with Crippen LogP contribution in [0.4, 0.5) is 0 Å². The molecule has 1 aromatic rings. The van der Waals surface area contributed by atoms with Crippen molar-refractivity contribution in [2.75, 3.05) is 6.61 Å². The van der Waals surface area contributed by atoms with E-state index in [-0.39, 0.29) is 6.10 Å². The fourth-order valence-electron chi connectivity index (χ4n) is 2.10. The van der Waals surface area contributed by atoms with Crippen LogP contribution < -0.4 is 4.74 Å². The summed E-state index contributed by atoms with van der Waals surface area (Å²) in [5, 5.41) is 8.59. The van der Waals surface area contributed by atoms with Crippen molar-refractivity contribution in [3.05, 3.63) is 34.3 Å². The number of ether oxygens (including phenoxy) is 2. The third-order valence-corrected chi connectivity index (χ3v) is 3.74. The zero-order valence-electron chi connectivity index (χ0n) is 11.2. The summed E-state index contributed by atoms with van der Waals surface area (Å²) in [4.78, 5) is 10.5. The van der Waals surface area contributed by atoms with Crippen LogP contribution in [0.3, 0.4) is 0 Å². The van der Waals surface area contributed by atoms with E-state index in [1.807, 2.05) is 18.2 Å². The van der Waals surface area contributed by atoms with Crippen LogP contribution in [-0.2, 0) is 9.53 Å². The number of carboxylic acid groups (broad SMARTS) is 1. The molecule has 0 aliphatic carbocycles. The van der Waals surface area contributed by atoms with Gasteiger partial charge in [0, 0.05) is 6.08 Å². The van der Waals surface area contributed by atoms with Crippen LogP contribution in [0.15, 0.2) is 28.7 Å². The number of halogens is 1. The zero-order valence-corrected chi connectivity index (χ0v) is 12.8. The second-order valence-electron chi connectivity index (χ2n) is 4.82. The minimum Gasteiger partial charge on any atom is -0.490 e. The van der Waals surface area contributed by atoms with Crippen LogP contribution in [0.5, 0.6) is 5.75 Å². The molecule has 0 bridgehead atoms. The van der Waals surface area contributed by atoms with Gasteiger partial charge in [0.1, 0.15) is 12.4 Å². The number of rotatable bonds is 5. The van der Waals surface area contributed by atoms with Gasteiger partial charge in [-0.05, 0) is 59.5 Å². The summed E-state index contributed by atoms with van der Waals surface area (Å²) in [6.45, 7) is 2.60. The van der Waals surface area contributed by atoms with Gasteiger partial charge in [0.2, 0.25) is 0 Å². The Kier molecular flexibility index (Phi) is 5.20. The molecule has 0 saturated carbocycles. The summed E-state index contributed by atoms with van der Waals surface area (Å²) in [6.07, 6.45) is 5.22. The number of hydrogen-bond acceptors (Lipinski definition) is 3. The Balaban J connectivity index is 1.94. The van der Waals surface area contributed by atoms with Crippen molar-refractivity contribution in [2.24, 2.45) is 0 Å². The molecular formula is C15H17BrO4. The van der Waals surface area contributed by atoms with Gasteiger partial charge < -0.3 is 14.6 Å². The number of aliphatic carboxylic acids is 1. The molecule has 0 aromatic heterocycles. The summed E-state index contributed by atoms with van der Waals surface area (Å²) in [7, 11) is 0. The van der Waals surface area contributed by atoms with E-state index in [0.29, 0.717) is 12.7 Å². The molecule has 20 heavy (non-hydrogen) atoms. The van der Waals surface area contributed by atoms with Gasteiger partial charge in [-0.3, -0.25) is 0 Å². The Labute approximate surface area is 126 Å². The minimum absolute atomic E-state index is 0.156. The van der Waals surface area contributed by atoms with Crippen molar-refractivity contribution in [2.45, 2.75) is 32.0 Å². The van der Waals surface area contributed by atoms with Gasteiger partial charge in [0.25, 0.3) is 0 Å². The Morgan fingerprint density at radius 2 is 2.35 bits per heavy atom. The third kappa shape index (κ3) is 4.35. The van der Waals surface area contributed by atoms with E-state index in [4.69, 9.17) is 14.6 Å². The standard InChI is InChI=1S/C15H17BrO4/c1-10-2-5-12(20-10)9-19-14-6-3-11(8-13(14)16)4-7-15(17)18/h3-4,6-8,10,12H,2,5,9H2,1H3,(H,17,18)/b7-4+. The van der Waals surface area contributed by atoms with Gasteiger partial charge in [-0.15, -0.1) is 0 Å². The highest BCUT2D eigenvalue weighted by atomic mass is 79.9. The summed E-state index contributed by atoms with van der Waals surface area (Å²) in [6, 6.07) is 5.47. The quantitative estimate of drug-likeness (QED) is 0.833. The highest BCUT2D eigenvalue weighted by Crippen LogP contribution is 2.28. The maximum atomic E-state index is 10.5. The van der Waals surface area contributed by atoms with Gasteiger partial charge in [0.05, 0.1) is 16.7 Å². The first-order chi connectivity index (χ1) is 9.54. The molecule has 1 aliphatic heterocycles. The summed E-state index contributed by atoms with van der Waals surface area (Å²) >= 11 is 3.43. The largest absolute Gasteiger partial charge is 0.490 e. The Hall–Kier alpha value is -1.33. The topological polar surface area (TPSA) is 55.8 Å². The Bertz CT molecular complexity index is 513. The second-order valence-corrected chi connectivity index (χ2v) is 5.67. The molecule has 1 heterocycles. The Morgan fingerprint density at radius 1 is 1.55 bits per heavy atom. The van der Waals surface area contributed by atoms with Gasteiger partial charge in [-0.2, -0.15) is 0 Å². The van der Waals surface area contributed by atoms with Crippen molar-refractivity contribution in [3.8, 4) is 5.75 Å². The maximum absolute atomic E-state index is 10.5. The van der Waals surface area contributed by atoms with Crippen molar-refractivity contribution < 1.29 is 19.4 Å². The van der Waals surface area contributed by atoms with E-state index >= 15 is 0 Å². The predicted molar refractivity (Wildman–Crippen MR) is 79.9 cm³/mol. The lowest BCUT2D eigenvalue weighted by molar-refractivity contribution is -0.131. The van der Waals surface area contributed by atoms with Crippen LogP contribution in [0.2, 0.25) is 0 Å². The maximum Gasteiger partial charge on any atom is 0.328 e. The highest BCUT2D eigenvalue weighted by Gasteiger charge is 2.22. The molecular weight excluding hydrogens is 324 g/mol. The van der Waals surface area contributed by atoms with E-state index in [2.05, 4.69) is 22.9 Å². The van der Waals surface area contributed by atoms with Crippen LogP contribution in [0, 0.1) is 0 Å². The van der Waals surface area contributed by atoms with E-state index in [0.717, 1.165) is 34.7 Å². The molecule has 0 amide bonds. The molecule has 0 spiro atoms. The average Bonchev–Trinajstić information content (AvgIpc) is 2.81. The number of benzene rings is 1. The molecule has 0 radical (unpaired) electrons. The summed E-state index contributed by atoms with van der Waals surface area (Å²) in [5.41, 5.74) is 0.803. The van der Waals surface area contributed by atoms with Crippen LogP contribution in [-0.4, -0.2) is 29.9 Å². The molecule has 2 unspecified atom stereocenters. The van der Waals surface area contributed by atoms with Crippen molar-refractivity contribution in [3.63, 3.8) is 0 Å². The molecule has 4 nitrogen and oxygen atoms in total. The smallest absolute Gasteiger partial charge is 0.328 e. The normalized spacial score (nSPS) is 22.3. The fourth-order valence-corrected chi connectivity index (χ4v) is 2.61.